The van der Waals surface area contributed by atoms with Crippen molar-refractivity contribution in [3.63, 3.8) is 0 Å². The van der Waals surface area contributed by atoms with Gasteiger partial charge in [0.1, 0.15) is 5.76 Å². The Morgan fingerprint density at radius 1 is 1.22 bits per heavy atom. The molecule has 0 aliphatic carbocycles. The zero-order chi connectivity index (χ0) is 12.8. The lowest BCUT2D eigenvalue weighted by Gasteiger charge is -2.23. The summed E-state index contributed by atoms with van der Waals surface area (Å²) in [5, 5.41) is 0. The first-order valence-corrected chi connectivity index (χ1v) is 6.61. The van der Waals surface area contributed by atoms with Gasteiger partial charge in [-0.1, -0.05) is 19.3 Å². The SMILES string of the molecule is NNC(=O)c1ccc(CN2CCCCCCC2)o1. The number of nitrogens with one attached hydrogen (secondary N) is 1. The smallest absolute Gasteiger partial charge is 0.300 e. The third-order valence-electron chi connectivity index (χ3n) is 3.34. The van der Waals surface area contributed by atoms with Gasteiger partial charge in [-0.2, -0.15) is 0 Å². The van der Waals surface area contributed by atoms with Gasteiger partial charge in [0.05, 0.1) is 6.54 Å². The molecule has 100 valence electrons. The van der Waals surface area contributed by atoms with Gasteiger partial charge in [-0.15, -0.1) is 0 Å². The highest BCUT2D eigenvalue weighted by molar-refractivity contribution is 5.90. The Morgan fingerprint density at radius 3 is 2.56 bits per heavy atom. The lowest BCUT2D eigenvalue weighted by atomic mass is 10.1. The molecule has 1 aliphatic rings. The molecule has 1 aliphatic heterocycles. The largest absolute Gasteiger partial charge is 0.455 e. The Labute approximate surface area is 107 Å². The van der Waals surface area contributed by atoms with Crippen molar-refractivity contribution >= 4 is 5.91 Å². The van der Waals surface area contributed by atoms with E-state index in [9.17, 15) is 4.79 Å². The number of amides is 1. The average molecular weight is 251 g/mol. The van der Waals surface area contributed by atoms with E-state index in [1.54, 1.807) is 6.07 Å². The second-order valence-corrected chi connectivity index (χ2v) is 4.78. The van der Waals surface area contributed by atoms with Crippen molar-refractivity contribution in [3.05, 3.63) is 23.7 Å². The predicted molar refractivity (Wildman–Crippen MR) is 68.7 cm³/mol. The van der Waals surface area contributed by atoms with E-state index in [1.807, 2.05) is 6.07 Å². The molecule has 5 nitrogen and oxygen atoms in total. The van der Waals surface area contributed by atoms with Gasteiger partial charge in [0.25, 0.3) is 0 Å². The Balaban J connectivity index is 1.91. The first-order chi connectivity index (χ1) is 8.79. The van der Waals surface area contributed by atoms with Gasteiger partial charge in [0.15, 0.2) is 5.76 Å². The van der Waals surface area contributed by atoms with E-state index < -0.39 is 0 Å². The van der Waals surface area contributed by atoms with Gasteiger partial charge >= 0.3 is 5.91 Å². The van der Waals surface area contributed by atoms with Crippen LogP contribution in [0.15, 0.2) is 16.5 Å². The molecule has 0 bridgehead atoms. The topological polar surface area (TPSA) is 71.5 Å². The average Bonchev–Trinajstić information content (AvgIpc) is 2.80. The maximum Gasteiger partial charge on any atom is 0.300 e. The number of rotatable bonds is 3. The standard InChI is InChI=1S/C13H21N3O2/c14-15-13(17)12-7-6-11(18-12)10-16-8-4-2-1-3-5-9-16/h6-7H,1-5,8-10,14H2,(H,15,17). The minimum atomic E-state index is -0.381. The van der Waals surface area contributed by atoms with Crippen LogP contribution < -0.4 is 11.3 Å². The number of nitrogen functional groups attached to an aromatic ring is 1. The quantitative estimate of drug-likeness (QED) is 0.487. The molecule has 1 aromatic rings. The van der Waals surface area contributed by atoms with E-state index in [2.05, 4.69) is 10.3 Å². The lowest BCUT2D eigenvalue weighted by Crippen LogP contribution is -2.29. The van der Waals surface area contributed by atoms with Gasteiger partial charge < -0.3 is 4.42 Å². The Bertz CT molecular complexity index is 381. The number of nitrogens with zero attached hydrogens (tertiary/aromatic N) is 1. The number of carbonyl (C=O) groups is 1. The molecule has 1 saturated heterocycles. The fraction of sp³-hybridized carbons (Fsp3) is 0.615. The summed E-state index contributed by atoms with van der Waals surface area (Å²) in [6.45, 7) is 3.00. The highest BCUT2D eigenvalue weighted by Gasteiger charge is 2.13. The van der Waals surface area contributed by atoms with Crippen molar-refractivity contribution in [3.8, 4) is 0 Å². The first kappa shape index (κ1) is 13.1. The number of furan rings is 1. The first-order valence-electron chi connectivity index (χ1n) is 6.61. The van der Waals surface area contributed by atoms with Gasteiger partial charge in [-0.3, -0.25) is 15.1 Å². The second-order valence-electron chi connectivity index (χ2n) is 4.78. The fourth-order valence-electron chi connectivity index (χ4n) is 2.35. The molecule has 1 aromatic heterocycles. The van der Waals surface area contributed by atoms with Crippen molar-refractivity contribution in [2.24, 2.45) is 5.84 Å². The molecule has 0 atom stereocenters. The number of hydrogen-bond acceptors (Lipinski definition) is 4. The highest BCUT2D eigenvalue weighted by atomic mass is 16.4. The van der Waals surface area contributed by atoms with Crippen LogP contribution in [0.5, 0.6) is 0 Å². The molecular formula is C13H21N3O2. The zero-order valence-corrected chi connectivity index (χ0v) is 10.7. The zero-order valence-electron chi connectivity index (χ0n) is 10.7. The van der Waals surface area contributed by atoms with Gasteiger partial charge in [-0.25, -0.2) is 5.84 Å². The van der Waals surface area contributed by atoms with Gasteiger partial charge in [0.2, 0.25) is 0 Å². The number of nitrogens with two attached hydrogens (primary N) is 1. The van der Waals surface area contributed by atoms with Crippen molar-refractivity contribution < 1.29 is 9.21 Å². The molecule has 2 heterocycles. The third-order valence-corrected chi connectivity index (χ3v) is 3.34. The summed E-state index contributed by atoms with van der Waals surface area (Å²) in [7, 11) is 0. The van der Waals surface area contributed by atoms with Crippen molar-refractivity contribution in [2.75, 3.05) is 13.1 Å². The fourth-order valence-corrected chi connectivity index (χ4v) is 2.35. The Kier molecular flexibility index (Phi) is 4.78. The maximum atomic E-state index is 11.3. The Hall–Kier alpha value is -1.33. The van der Waals surface area contributed by atoms with Crippen LogP contribution in [0.1, 0.15) is 48.4 Å². The van der Waals surface area contributed by atoms with Crippen LogP contribution in [0, 0.1) is 0 Å². The number of carbonyl (C=O) groups excluding carboxylic acids is 1. The molecule has 0 aromatic carbocycles. The lowest BCUT2D eigenvalue weighted by molar-refractivity contribution is 0.0921. The van der Waals surface area contributed by atoms with E-state index in [0.29, 0.717) is 0 Å². The molecule has 2 rings (SSSR count). The van der Waals surface area contributed by atoms with Crippen LogP contribution >= 0.6 is 0 Å². The normalized spacial score (nSPS) is 18.1. The Morgan fingerprint density at radius 2 is 1.89 bits per heavy atom. The van der Waals surface area contributed by atoms with E-state index in [1.165, 1.54) is 32.1 Å². The summed E-state index contributed by atoms with van der Waals surface area (Å²) in [5.74, 6) is 5.79. The summed E-state index contributed by atoms with van der Waals surface area (Å²) < 4.78 is 5.48. The monoisotopic (exact) mass is 251 g/mol. The molecule has 0 spiro atoms. The molecule has 3 N–H and O–H groups in total. The maximum absolute atomic E-state index is 11.3. The van der Waals surface area contributed by atoms with Crippen molar-refractivity contribution in [1.29, 1.82) is 0 Å². The molecular weight excluding hydrogens is 230 g/mol. The minimum absolute atomic E-state index is 0.277. The summed E-state index contributed by atoms with van der Waals surface area (Å²) in [6, 6.07) is 3.52. The van der Waals surface area contributed by atoms with Gasteiger partial charge in [0, 0.05) is 0 Å². The van der Waals surface area contributed by atoms with Crippen molar-refractivity contribution in [1.82, 2.24) is 10.3 Å². The summed E-state index contributed by atoms with van der Waals surface area (Å²) in [5.41, 5.74) is 2.07. The second kappa shape index (κ2) is 6.56. The molecule has 0 unspecified atom stereocenters. The summed E-state index contributed by atoms with van der Waals surface area (Å²) >= 11 is 0. The molecule has 0 saturated carbocycles. The highest BCUT2D eigenvalue weighted by Crippen LogP contribution is 2.15. The van der Waals surface area contributed by atoms with Crippen LogP contribution in [0.4, 0.5) is 0 Å². The van der Waals surface area contributed by atoms with E-state index >= 15 is 0 Å². The van der Waals surface area contributed by atoms with Crippen molar-refractivity contribution in [2.45, 2.75) is 38.6 Å². The van der Waals surface area contributed by atoms with Crippen LogP contribution in [0.3, 0.4) is 0 Å². The van der Waals surface area contributed by atoms with E-state index in [-0.39, 0.29) is 11.7 Å². The number of likely N-dealkylation sites (tertiary alicyclic amines) is 1. The van der Waals surface area contributed by atoms with Crippen LogP contribution in [0.2, 0.25) is 0 Å². The molecule has 1 amide bonds. The predicted octanol–water partition coefficient (Wildman–Crippen LogP) is 1.65. The molecule has 0 radical (unpaired) electrons. The summed E-state index contributed by atoms with van der Waals surface area (Å²) in [4.78, 5) is 13.7. The van der Waals surface area contributed by atoms with E-state index in [4.69, 9.17) is 10.3 Å². The molecule has 5 heteroatoms. The van der Waals surface area contributed by atoms with E-state index in [0.717, 1.165) is 25.4 Å². The van der Waals surface area contributed by atoms with Crippen LogP contribution in [-0.4, -0.2) is 23.9 Å². The van der Waals surface area contributed by atoms with Crippen LogP contribution in [-0.2, 0) is 6.54 Å². The third kappa shape index (κ3) is 3.58. The summed E-state index contributed by atoms with van der Waals surface area (Å²) in [6.07, 6.45) is 6.48. The minimum Gasteiger partial charge on any atom is -0.455 e. The molecule has 1 fully saturated rings. The van der Waals surface area contributed by atoms with Crippen LogP contribution in [0.25, 0.3) is 0 Å². The van der Waals surface area contributed by atoms with Gasteiger partial charge in [-0.05, 0) is 38.1 Å². The number of hydrogen-bond donors (Lipinski definition) is 2. The molecule has 18 heavy (non-hydrogen) atoms. The number of hydrazine groups is 1.